The zero-order chi connectivity index (χ0) is 14.9. The second-order valence-electron chi connectivity index (χ2n) is 5.30. The lowest BCUT2D eigenvalue weighted by atomic mass is 9.83. The molecular weight excluding hydrogens is 364 g/mol. The molecule has 1 saturated carbocycles. The van der Waals surface area contributed by atoms with Crippen molar-refractivity contribution >= 4 is 43.2 Å². The number of rotatable bonds is 3. The van der Waals surface area contributed by atoms with E-state index in [1.165, 1.54) is 6.26 Å². The summed E-state index contributed by atoms with van der Waals surface area (Å²) in [5.74, 6) is -0.306. The molecule has 3 nitrogen and oxygen atoms in total. The van der Waals surface area contributed by atoms with Gasteiger partial charge in [0.25, 0.3) is 0 Å². The number of hydrogen-bond acceptors (Lipinski definition) is 3. The highest BCUT2D eigenvalue weighted by molar-refractivity contribution is 9.10. The number of carbonyl (C=O) groups is 1. The Morgan fingerprint density at radius 3 is 2.70 bits per heavy atom. The predicted molar refractivity (Wildman–Crippen MR) is 84.1 cm³/mol. The van der Waals surface area contributed by atoms with Crippen LogP contribution in [0, 0.1) is 5.92 Å². The molecule has 0 spiro atoms. The quantitative estimate of drug-likeness (QED) is 0.749. The highest BCUT2D eigenvalue weighted by Crippen LogP contribution is 2.33. The van der Waals surface area contributed by atoms with E-state index in [-0.39, 0.29) is 11.7 Å². The lowest BCUT2D eigenvalue weighted by molar-refractivity contribution is 0.0891. The summed E-state index contributed by atoms with van der Waals surface area (Å²) in [6.45, 7) is 0. The predicted octanol–water partition coefficient (Wildman–Crippen LogP) is 3.89. The van der Waals surface area contributed by atoms with E-state index in [1.54, 1.807) is 18.2 Å². The number of hydrogen-bond donors (Lipinski definition) is 0. The molecule has 110 valence electrons. The van der Waals surface area contributed by atoms with Crippen LogP contribution < -0.4 is 0 Å². The summed E-state index contributed by atoms with van der Waals surface area (Å²) in [6.07, 6.45) is 3.79. The van der Waals surface area contributed by atoms with Crippen LogP contribution in [0.15, 0.2) is 22.7 Å². The van der Waals surface area contributed by atoms with Crippen LogP contribution >= 0.6 is 27.5 Å². The molecule has 0 saturated heterocycles. The van der Waals surface area contributed by atoms with Crippen molar-refractivity contribution in [1.82, 2.24) is 0 Å². The number of ketones is 1. The summed E-state index contributed by atoms with van der Waals surface area (Å²) in [5, 5.41) is 0.0100. The lowest BCUT2D eigenvalue weighted by Crippen LogP contribution is -2.31. The highest BCUT2D eigenvalue weighted by atomic mass is 79.9. The monoisotopic (exact) mass is 378 g/mol. The molecule has 0 radical (unpaired) electrons. The molecule has 2 unspecified atom stereocenters. The molecule has 1 aliphatic carbocycles. The van der Waals surface area contributed by atoms with Gasteiger partial charge in [-0.25, -0.2) is 8.42 Å². The van der Waals surface area contributed by atoms with Crippen LogP contribution in [0.2, 0.25) is 5.02 Å². The van der Waals surface area contributed by atoms with E-state index in [9.17, 15) is 13.2 Å². The number of Topliss-reactive ketones (excluding diaryl/α,β-unsaturated/α-hetero) is 1. The van der Waals surface area contributed by atoms with Crippen molar-refractivity contribution in [2.45, 2.75) is 30.9 Å². The van der Waals surface area contributed by atoms with Gasteiger partial charge >= 0.3 is 0 Å². The molecule has 2 rings (SSSR count). The topological polar surface area (TPSA) is 51.2 Å². The standard InChI is InChI=1S/C14H16BrClO3S/c1-20(18,19)11-4-2-3-9(7-11)14(17)12-8-10(15)5-6-13(12)16/h5-6,8-9,11H,2-4,7H2,1H3. The first-order chi connectivity index (χ1) is 9.29. The van der Waals surface area contributed by atoms with Crippen molar-refractivity contribution in [3.63, 3.8) is 0 Å². The Kier molecular flexibility index (Phi) is 4.92. The van der Waals surface area contributed by atoms with Crippen molar-refractivity contribution in [3.05, 3.63) is 33.3 Å². The van der Waals surface area contributed by atoms with Gasteiger partial charge in [0, 0.05) is 22.2 Å². The van der Waals surface area contributed by atoms with Crippen molar-refractivity contribution in [2.75, 3.05) is 6.26 Å². The number of benzene rings is 1. The van der Waals surface area contributed by atoms with E-state index in [2.05, 4.69) is 15.9 Å². The van der Waals surface area contributed by atoms with Gasteiger partial charge in [-0.15, -0.1) is 0 Å². The molecule has 1 aromatic carbocycles. The molecule has 1 fully saturated rings. The minimum Gasteiger partial charge on any atom is -0.294 e. The second kappa shape index (κ2) is 6.16. The second-order valence-corrected chi connectivity index (χ2v) is 8.95. The van der Waals surface area contributed by atoms with Gasteiger partial charge < -0.3 is 0 Å². The molecule has 1 aromatic rings. The highest BCUT2D eigenvalue weighted by Gasteiger charge is 2.33. The van der Waals surface area contributed by atoms with Gasteiger partial charge in [-0.3, -0.25) is 4.79 Å². The minimum absolute atomic E-state index is 0.0512. The summed E-state index contributed by atoms with van der Waals surface area (Å²) < 4.78 is 24.1. The molecule has 0 bridgehead atoms. The SMILES string of the molecule is CS(=O)(=O)C1CCCC(C(=O)c2cc(Br)ccc2Cl)C1. The van der Waals surface area contributed by atoms with E-state index in [4.69, 9.17) is 11.6 Å². The van der Waals surface area contributed by atoms with Gasteiger partial charge in [-0.2, -0.15) is 0 Å². The molecular formula is C14H16BrClO3S. The summed E-state index contributed by atoms with van der Waals surface area (Å²) in [4.78, 5) is 12.5. The molecule has 0 amide bonds. The maximum Gasteiger partial charge on any atom is 0.167 e. The lowest BCUT2D eigenvalue weighted by Gasteiger charge is -2.27. The van der Waals surface area contributed by atoms with Gasteiger partial charge in [0.2, 0.25) is 0 Å². The van der Waals surface area contributed by atoms with Crippen molar-refractivity contribution in [2.24, 2.45) is 5.92 Å². The molecule has 0 aliphatic heterocycles. The number of halogens is 2. The Morgan fingerprint density at radius 1 is 1.35 bits per heavy atom. The maximum atomic E-state index is 12.5. The summed E-state index contributed by atoms with van der Waals surface area (Å²) in [6, 6.07) is 5.16. The van der Waals surface area contributed by atoms with Gasteiger partial charge in [0.1, 0.15) is 9.84 Å². The largest absolute Gasteiger partial charge is 0.294 e. The first-order valence-electron chi connectivity index (χ1n) is 6.47. The van der Waals surface area contributed by atoms with Gasteiger partial charge in [0.15, 0.2) is 5.78 Å². The van der Waals surface area contributed by atoms with Crippen molar-refractivity contribution in [1.29, 1.82) is 0 Å². The summed E-state index contributed by atoms with van der Waals surface area (Å²) in [7, 11) is -3.09. The van der Waals surface area contributed by atoms with Gasteiger partial charge in [-0.1, -0.05) is 34.0 Å². The Labute approximate surface area is 132 Å². The number of carbonyl (C=O) groups excluding carboxylic acids is 1. The minimum atomic E-state index is -3.09. The Bertz CT molecular complexity index is 627. The van der Waals surface area contributed by atoms with Crippen LogP contribution in [0.3, 0.4) is 0 Å². The molecule has 20 heavy (non-hydrogen) atoms. The third-order valence-electron chi connectivity index (χ3n) is 3.80. The van der Waals surface area contributed by atoms with E-state index >= 15 is 0 Å². The fraction of sp³-hybridized carbons (Fsp3) is 0.500. The smallest absolute Gasteiger partial charge is 0.167 e. The average Bonchev–Trinajstić information content (AvgIpc) is 2.40. The van der Waals surface area contributed by atoms with Gasteiger partial charge in [0.05, 0.1) is 10.3 Å². The van der Waals surface area contributed by atoms with Crippen molar-refractivity contribution < 1.29 is 13.2 Å². The van der Waals surface area contributed by atoms with Crippen LogP contribution in [0.25, 0.3) is 0 Å². The molecule has 1 aliphatic rings. The maximum absolute atomic E-state index is 12.5. The zero-order valence-electron chi connectivity index (χ0n) is 11.1. The van der Waals surface area contributed by atoms with E-state index in [0.717, 1.165) is 17.3 Å². The zero-order valence-corrected chi connectivity index (χ0v) is 14.3. The molecule has 0 N–H and O–H groups in total. The van der Waals surface area contributed by atoms with E-state index < -0.39 is 15.1 Å². The number of sulfone groups is 1. The van der Waals surface area contributed by atoms with Crippen LogP contribution in [0.5, 0.6) is 0 Å². The van der Waals surface area contributed by atoms with Crippen LogP contribution in [0.1, 0.15) is 36.0 Å². The Balaban J connectivity index is 2.23. The summed E-state index contributed by atoms with van der Waals surface area (Å²) >= 11 is 9.40. The van der Waals surface area contributed by atoms with Crippen LogP contribution in [-0.2, 0) is 9.84 Å². The molecule has 6 heteroatoms. The third kappa shape index (κ3) is 3.62. The average molecular weight is 380 g/mol. The first-order valence-corrected chi connectivity index (χ1v) is 9.59. The summed E-state index contributed by atoms with van der Waals surface area (Å²) in [5.41, 5.74) is 0.472. The fourth-order valence-electron chi connectivity index (χ4n) is 2.68. The fourth-order valence-corrected chi connectivity index (χ4v) is 4.43. The van der Waals surface area contributed by atoms with E-state index in [1.807, 2.05) is 0 Å². The molecule has 2 atom stereocenters. The Hall–Kier alpha value is -0.390. The van der Waals surface area contributed by atoms with Crippen LogP contribution in [-0.4, -0.2) is 25.7 Å². The normalized spacial score (nSPS) is 23.6. The van der Waals surface area contributed by atoms with Crippen molar-refractivity contribution in [3.8, 4) is 0 Å². The molecule has 0 heterocycles. The van der Waals surface area contributed by atoms with E-state index in [0.29, 0.717) is 23.4 Å². The molecule has 0 aromatic heterocycles. The van der Waals surface area contributed by atoms with Crippen LogP contribution in [0.4, 0.5) is 0 Å². The third-order valence-corrected chi connectivity index (χ3v) is 6.26. The van der Waals surface area contributed by atoms with Gasteiger partial charge in [-0.05, 0) is 37.5 Å². The Morgan fingerprint density at radius 2 is 2.05 bits per heavy atom. The first kappa shape index (κ1) is 16.0.